The monoisotopic (exact) mass is 456 g/mol. The minimum Gasteiger partial charge on any atom is -0.335 e. The number of benzene rings is 1. The molecule has 0 aliphatic carbocycles. The van der Waals surface area contributed by atoms with E-state index < -0.39 is 9.84 Å². The summed E-state index contributed by atoms with van der Waals surface area (Å²) < 4.78 is 25.4. The zero-order valence-corrected chi connectivity index (χ0v) is 18.7. The third kappa shape index (κ3) is 4.17. The van der Waals surface area contributed by atoms with E-state index in [1.807, 2.05) is 58.8 Å². The molecule has 2 saturated heterocycles. The standard InChI is InChI=1S/C22H24N4O3S2/c27-22(25-11-9-24(10-12-25)18-8-14-31(28,29)16-18)20-15-19(21-7-4-13-30-21)23-26(20)17-5-2-1-3-6-17/h1-7,13,15,18H,8-12,14,16H2/t18-/m0/s1. The predicted octanol–water partition coefficient (Wildman–Crippen LogP) is 2.55. The lowest BCUT2D eigenvalue weighted by Gasteiger charge is -2.37. The van der Waals surface area contributed by atoms with E-state index in [9.17, 15) is 13.2 Å². The smallest absolute Gasteiger partial charge is 0.272 e. The molecule has 31 heavy (non-hydrogen) atoms. The van der Waals surface area contributed by atoms with Gasteiger partial charge in [0.25, 0.3) is 5.91 Å². The van der Waals surface area contributed by atoms with Gasteiger partial charge in [0.05, 0.1) is 22.1 Å². The average molecular weight is 457 g/mol. The minimum atomic E-state index is -2.91. The number of para-hydroxylation sites is 1. The first-order chi connectivity index (χ1) is 15.0. The Bertz CT molecular complexity index is 1160. The predicted molar refractivity (Wildman–Crippen MR) is 121 cm³/mol. The highest BCUT2D eigenvalue weighted by molar-refractivity contribution is 7.91. The third-order valence-electron chi connectivity index (χ3n) is 6.03. The first-order valence-corrected chi connectivity index (χ1v) is 13.1. The maximum atomic E-state index is 13.5. The molecule has 162 valence electrons. The zero-order valence-electron chi connectivity index (χ0n) is 17.1. The first kappa shape index (κ1) is 20.4. The maximum Gasteiger partial charge on any atom is 0.272 e. The highest BCUT2D eigenvalue weighted by atomic mass is 32.2. The minimum absolute atomic E-state index is 0.0437. The van der Waals surface area contributed by atoms with Gasteiger partial charge in [-0.1, -0.05) is 24.3 Å². The summed E-state index contributed by atoms with van der Waals surface area (Å²) in [5, 5.41) is 6.74. The van der Waals surface area contributed by atoms with E-state index in [2.05, 4.69) is 4.90 Å². The van der Waals surface area contributed by atoms with Gasteiger partial charge in [0.15, 0.2) is 9.84 Å². The van der Waals surface area contributed by atoms with Gasteiger partial charge >= 0.3 is 0 Å². The molecule has 1 amide bonds. The number of sulfone groups is 1. The summed E-state index contributed by atoms with van der Waals surface area (Å²) in [5.41, 5.74) is 2.19. The molecule has 3 aromatic rings. The lowest BCUT2D eigenvalue weighted by molar-refractivity contribution is 0.0579. The molecule has 2 aliphatic heterocycles. The van der Waals surface area contributed by atoms with Crippen LogP contribution in [0.2, 0.25) is 0 Å². The number of hydrogen-bond donors (Lipinski definition) is 0. The highest BCUT2D eigenvalue weighted by Crippen LogP contribution is 2.27. The van der Waals surface area contributed by atoms with E-state index in [-0.39, 0.29) is 23.5 Å². The van der Waals surface area contributed by atoms with Gasteiger partial charge < -0.3 is 4.90 Å². The van der Waals surface area contributed by atoms with Gasteiger partial charge in [0.2, 0.25) is 0 Å². The highest BCUT2D eigenvalue weighted by Gasteiger charge is 2.35. The summed E-state index contributed by atoms with van der Waals surface area (Å²) in [5.74, 6) is 0.475. The number of carbonyl (C=O) groups is 1. The summed E-state index contributed by atoms with van der Waals surface area (Å²) in [6.07, 6.45) is 0.696. The van der Waals surface area contributed by atoms with Crippen LogP contribution in [0.5, 0.6) is 0 Å². The normalized spacial score (nSPS) is 21.4. The van der Waals surface area contributed by atoms with Gasteiger partial charge in [-0.15, -0.1) is 11.3 Å². The number of carbonyl (C=O) groups excluding carboxylic acids is 1. The summed E-state index contributed by atoms with van der Waals surface area (Å²) in [4.78, 5) is 18.6. The molecule has 9 heteroatoms. The summed E-state index contributed by atoms with van der Waals surface area (Å²) in [6.45, 7) is 2.57. The molecule has 5 rings (SSSR count). The van der Waals surface area contributed by atoms with Crippen LogP contribution in [-0.4, -0.2) is 77.6 Å². The van der Waals surface area contributed by atoms with E-state index in [4.69, 9.17) is 5.10 Å². The summed E-state index contributed by atoms with van der Waals surface area (Å²) >= 11 is 1.60. The van der Waals surface area contributed by atoms with Crippen LogP contribution in [-0.2, 0) is 9.84 Å². The fourth-order valence-corrected chi connectivity index (χ4v) is 6.80. The fourth-order valence-electron chi connectivity index (χ4n) is 4.36. The number of aromatic nitrogens is 2. The first-order valence-electron chi connectivity index (χ1n) is 10.4. The zero-order chi connectivity index (χ0) is 21.4. The Hall–Kier alpha value is -2.49. The SMILES string of the molecule is O=C(c1cc(-c2cccs2)nn1-c1ccccc1)N1CCN([C@H]2CCS(=O)(=O)C2)CC1. The Labute approximate surface area is 185 Å². The molecule has 0 unspecified atom stereocenters. The molecule has 2 aliphatic rings. The summed E-state index contributed by atoms with van der Waals surface area (Å²) in [7, 11) is -2.91. The van der Waals surface area contributed by atoms with Crippen LogP contribution in [0.1, 0.15) is 16.9 Å². The Morgan fingerprint density at radius 2 is 1.81 bits per heavy atom. The van der Waals surface area contributed by atoms with Crippen molar-refractivity contribution in [3.8, 4) is 16.3 Å². The second-order valence-corrected chi connectivity index (χ2v) is 11.2. The molecule has 1 aromatic carbocycles. The third-order valence-corrected chi connectivity index (χ3v) is 8.67. The van der Waals surface area contributed by atoms with Gasteiger partial charge in [-0.25, -0.2) is 13.1 Å². The molecular formula is C22H24N4O3S2. The number of piperazine rings is 1. The van der Waals surface area contributed by atoms with Crippen molar-refractivity contribution in [3.05, 3.63) is 59.6 Å². The second-order valence-electron chi connectivity index (χ2n) is 8.02. The molecule has 0 N–H and O–H groups in total. The molecule has 7 nitrogen and oxygen atoms in total. The van der Waals surface area contributed by atoms with Crippen LogP contribution in [0.25, 0.3) is 16.3 Å². The number of nitrogens with zero attached hydrogens (tertiary/aromatic N) is 4. The van der Waals surface area contributed by atoms with Crippen molar-refractivity contribution in [1.82, 2.24) is 19.6 Å². The Morgan fingerprint density at radius 3 is 2.45 bits per heavy atom. The number of amides is 1. The lowest BCUT2D eigenvalue weighted by atomic mass is 10.2. The van der Waals surface area contributed by atoms with E-state index in [1.165, 1.54) is 0 Å². The van der Waals surface area contributed by atoms with E-state index in [1.54, 1.807) is 16.0 Å². The van der Waals surface area contributed by atoms with Crippen LogP contribution >= 0.6 is 11.3 Å². The molecule has 1 atom stereocenters. The lowest BCUT2D eigenvalue weighted by Crippen LogP contribution is -2.52. The van der Waals surface area contributed by atoms with Crippen molar-refractivity contribution in [2.45, 2.75) is 12.5 Å². The molecule has 0 radical (unpaired) electrons. The second kappa shape index (κ2) is 8.22. The maximum absolute atomic E-state index is 13.5. The van der Waals surface area contributed by atoms with Crippen molar-refractivity contribution < 1.29 is 13.2 Å². The fraction of sp³-hybridized carbons (Fsp3) is 0.364. The molecule has 0 spiro atoms. The van der Waals surface area contributed by atoms with Crippen molar-refractivity contribution in [2.24, 2.45) is 0 Å². The molecule has 2 aromatic heterocycles. The largest absolute Gasteiger partial charge is 0.335 e. The van der Waals surface area contributed by atoms with Crippen LogP contribution < -0.4 is 0 Å². The van der Waals surface area contributed by atoms with Gasteiger partial charge in [0, 0.05) is 32.2 Å². The van der Waals surface area contributed by atoms with Crippen molar-refractivity contribution in [2.75, 3.05) is 37.7 Å². The Balaban J connectivity index is 1.37. The van der Waals surface area contributed by atoms with Crippen molar-refractivity contribution in [1.29, 1.82) is 0 Å². The molecule has 0 saturated carbocycles. The van der Waals surface area contributed by atoms with Crippen LogP contribution in [0, 0.1) is 0 Å². The van der Waals surface area contributed by atoms with Gasteiger partial charge in [-0.2, -0.15) is 5.10 Å². The molecule has 2 fully saturated rings. The molecular weight excluding hydrogens is 432 g/mol. The van der Waals surface area contributed by atoms with Crippen molar-refractivity contribution in [3.63, 3.8) is 0 Å². The molecule has 4 heterocycles. The van der Waals surface area contributed by atoms with Crippen LogP contribution in [0.4, 0.5) is 0 Å². The Morgan fingerprint density at radius 1 is 1.03 bits per heavy atom. The van der Waals surface area contributed by atoms with Gasteiger partial charge in [-0.05, 0) is 36.1 Å². The quantitative estimate of drug-likeness (QED) is 0.603. The summed E-state index contributed by atoms with van der Waals surface area (Å²) in [6, 6.07) is 15.6. The molecule has 0 bridgehead atoms. The van der Waals surface area contributed by atoms with Gasteiger partial charge in [0.1, 0.15) is 11.4 Å². The topological polar surface area (TPSA) is 75.5 Å². The van der Waals surface area contributed by atoms with Crippen molar-refractivity contribution >= 4 is 27.1 Å². The number of rotatable bonds is 4. The average Bonchev–Trinajstić information content (AvgIpc) is 3.53. The van der Waals surface area contributed by atoms with Crippen LogP contribution in [0.15, 0.2) is 53.9 Å². The van der Waals surface area contributed by atoms with E-state index >= 15 is 0 Å². The number of hydrogen-bond acceptors (Lipinski definition) is 6. The van der Waals surface area contributed by atoms with Gasteiger partial charge in [-0.3, -0.25) is 9.69 Å². The van der Waals surface area contributed by atoms with Crippen LogP contribution in [0.3, 0.4) is 0 Å². The Kier molecular flexibility index (Phi) is 5.41. The number of thiophene rings is 1. The van der Waals surface area contributed by atoms with E-state index in [0.717, 1.165) is 16.3 Å². The van der Waals surface area contributed by atoms with E-state index in [0.29, 0.717) is 38.3 Å².